The molecule has 0 aliphatic rings. The summed E-state index contributed by atoms with van der Waals surface area (Å²) in [5.41, 5.74) is 5.65. The van der Waals surface area contributed by atoms with Gasteiger partial charge in [0.1, 0.15) is 0 Å². The molecule has 1 aromatic heterocycles. The summed E-state index contributed by atoms with van der Waals surface area (Å²) < 4.78 is 10.7. The molecule has 0 bridgehead atoms. The van der Waals surface area contributed by atoms with Gasteiger partial charge in [0.05, 0.1) is 18.8 Å². The van der Waals surface area contributed by atoms with Crippen LogP contribution in [0.15, 0.2) is 18.3 Å². The first-order chi connectivity index (χ1) is 8.17. The molecule has 5 heteroatoms. The second kappa shape index (κ2) is 7.09. The summed E-state index contributed by atoms with van der Waals surface area (Å²) in [4.78, 5) is 4.25. The molecule has 0 fully saturated rings. The van der Waals surface area contributed by atoms with Crippen molar-refractivity contribution in [2.75, 3.05) is 25.6 Å². The first-order valence-corrected chi connectivity index (χ1v) is 5.74. The van der Waals surface area contributed by atoms with Crippen LogP contribution in [0.1, 0.15) is 13.8 Å². The van der Waals surface area contributed by atoms with Gasteiger partial charge < -0.3 is 20.5 Å². The van der Waals surface area contributed by atoms with Crippen LogP contribution in [0.4, 0.5) is 5.82 Å². The van der Waals surface area contributed by atoms with Gasteiger partial charge in [-0.05, 0) is 26.0 Å². The van der Waals surface area contributed by atoms with Crippen LogP contribution in [0.2, 0.25) is 0 Å². The summed E-state index contributed by atoms with van der Waals surface area (Å²) in [6.45, 7) is 4.97. The molecule has 96 valence electrons. The standard InChI is InChI=1S/C12H21N3O2/c1-9(2)17-11-5-4-6-14-12(11)15-10(7-13)8-16-3/h4-6,9-10H,7-8,13H2,1-3H3,(H,14,15). The second-order valence-electron chi connectivity index (χ2n) is 4.05. The van der Waals surface area contributed by atoms with E-state index in [2.05, 4.69) is 10.3 Å². The molecule has 1 unspecified atom stereocenters. The molecule has 0 saturated carbocycles. The molecule has 1 rings (SSSR count). The summed E-state index contributed by atoms with van der Waals surface area (Å²) in [6.07, 6.45) is 1.83. The fraction of sp³-hybridized carbons (Fsp3) is 0.583. The summed E-state index contributed by atoms with van der Waals surface area (Å²) >= 11 is 0. The van der Waals surface area contributed by atoms with Crippen LogP contribution in [0.5, 0.6) is 5.75 Å². The van der Waals surface area contributed by atoms with E-state index in [9.17, 15) is 0 Å². The van der Waals surface area contributed by atoms with E-state index in [1.807, 2.05) is 26.0 Å². The highest BCUT2D eigenvalue weighted by Gasteiger charge is 2.11. The molecule has 5 nitrogen and oxygen atoms in total. The van der Waals surface area contributed by atoms with Crippen LogP contribution >= 0.6 is 0 Å². The van der Waals surface area contributed by atoms with Gasteiger partial charge in [0.2, 0.25) is 0 Å². The average Bonchev–Trinajstić information content (AvgIpc) is 2.30. The number of hydrogen-bond donors (Lipinski definition) is 2. The summed E-state index contributed by atoms with van der Waals surface area (Å²) in [6, 6.07) is 3.76. The van der Waals surface area contributed by atoms with Gasteiger partial charge in [-0.25, -0.2) is 4.98 Å². The van der Waals surface area contributed by atoms with Gasteiger partial charge in [-0.15, -0.1) is 0 Å². The lowest BCUT2D eigenvalue weighted by molar-refractivity contribution is 0.187. The van der Waals surface area contributed by atoms with Crippen molar-refractivity contribution in [1.29, 1.82) is 0 Å². The quantitative estimate of drug-likeness (QED) is 0.749. The Bertz CT molecular complexity index is 331. The molecule has 0 spiro atoms. The van der Waals surface area contributed by atoms with E-state index in [4.69, 9.17) is 15.2 Å². The highest BCUT2D eigenvalue weighted by Crippen LogP contribution is 2.22. The fourth-order valence-electron chi connectivity index (χ4n) is 1.41. The van der Waals surface area contributed by atoms with Gasteiger partial charge in [0.15, 0.2) is 11.6 Å². The van der Waals surface area contributed by atoms with Crippen molar-refractivity contribution in [1.82, 2.24) is 4.98 Å². The Morgan fingerprint density at radius 2 is 2.24 bits per heavy atom. The van der Waals surface area contributed by atoms with Crippen LogP contribution in [0.25, 0.3) is 0 Å². The molecular weight excluding hydrogens is 218 g/mol. The van der Waals surface area contributed by atoms with Crippen molar-refractivity contribution in [2.45, 2.75) is 26.0 Å². The zero-order chi connectivity index (χ0) is 12.7. The van der Waals surface area contributed by atoms with Crippen molar-refractivity contribution in [3.05, 3.63) is 18.3 Å². The smallest absolute Gasteiger partial charge is 0.169 e. The molecule has 0 aromatic carbocycles. The zero-order valence-electron chi connectivity index (χ0n) is 10.6. The molecule has 0 aliphatic carbocycles. The predicted molar refractivity (Wildman–Crippen MR) is 68.3 cm³/mol. The number of pyridine rings is 1. The maximum absolute atomic E-state index is 5.66. The Morgan fingerprint density at radius 3 is 2.82 bits per heavy atom. The minimum absolute atomic E-state index is 0.0319. The molecule has 1 aromatic rings. The van der Waals surface area contributed by atoms with Gasteiger partial charge in [0, 0.05) is 19.9 Å². The summed E-state index contributed by atoms with van der Waals surface area (Å²) in [5, 5.41) is 3.22. The fourth-order valence-corrected chi connectivity index (χ4v) is 1.41. The minimum atomic E-state index is 0.0319. The lowest BCUT2D eigenvalue weighted by atomic mass is 10.3. The van der Waals surface area contributed by atoms with E-state index in [-0.39, 0.29) is 12.1 Å². The highest BCUT2D eigenvalue weighted by molar-refractivity contribution is 5.50. The first-order valence-electron chi connectivity index (χ1n) is 5.74. The van der Waals surface area contributed by atoms with Gasteiger partial charge in [-0.1, -0.05) is 0 Å². The van der Waals surface area contributed by atoms with Crippen molar-refractivity contribution in [3.8, 4) is 5.75 Å². The molecule has 0 aliphatic heterocycles. The maximum atomic E-state index is 5.66. The molecule has 1 heterocycles. The number of nitrogens with one attached hydrogen (secondary N) is 1. The number of aromatic nitrogens is 1. The number of rotatable bonds is 7. The van der Waals surface area contributed by atoms with Crippen LogP contribution in [0, 0.1) is 0 Å². The Labute approximate surface area is 102 Å². The van der Waals surface area contributed by atoms with Crippen LogP contribution in [0.3, 0.4) is 0 Å². The minimum Gasteiger partial charge on any atom is -0.487 e. The average molecular weight is 239 g/mol. The largest absolute Gasteiger partial charge is 0.487 e. The van der Waals surface area contributed by atoms with E-state index in [0.29, 0.717) is 19.0 Å². The predicted octanol–water partition coefficient (Wildman–Crippen LogP) is 1.25. The third kappa shape index (κ3) is 4.58. The third-order valence-corrected chi connectivity index (χ3v) is 2.13. The number of nitrogens with zero attached hydrogens (tertiary/aromatic N) is 1. The number of nitrogens with two attached hydrogens (primary N) is 1. The van der Waals surface area contributed by atoms with E-state index in [1.54, 1.807) is 13.3 Å². The van der Waals surface area contributed by atoms with Gasteiger partial charge in [-0.3, -0.25) is 0 Å². The Balaban J connectivity index is 2.74. The molecule has 0 radical (unpaired) electrons. The third-order valence-electron chi connectivity index (χ3n) is 2.13. The lowest BCUT2D eigenvalue weighted by Crippen LogP contribution is -2.33. The van der Waals surface area contributed by atoms with E-state index < -0.39 is 0 Å². The topological polar surface area (TPSA) is 69.4 Å². The number of hydrogen-bond acceptors (Lipinski definition) is 5. The van der Waals surface area contributed by atoms with Gasteiger partial charge >= 0.3 is 0 Å². The maximum Gasteiger partial charge on any atom is 0.169 e. The molecule has 0 amide bonds. The lowest BCUT2D eigenvalue weighted by Gasteiger charge is -2.19. The van der Waals surface area contributed by atoms with Gasteiger partial charge in [-0.2, -0.15) is 0 Å². The van der Waals surface area contributed by atoms with E-state index in [1.165, 1.54) is 0 Å². The van der Waals surface area contributed by atoms with Crippen LogP contribution in [-0.4, -0.2) is 37.4 Å². The molecule has 17 heavy (non-hydrogen) atoms. The molecule has 1 atom stereocenters. The zero-order valence-corrected chi connectivity index (χ0v) is 10.6. The number of anilines is 1. The van der Waals surface area contributed by atoms with Crippen molar-refractivity contribution in [3.63, 3.8) is 0 Å². The Kier molecular flexibility index (Phi) is 5.72. The molecular formula is C12H21N3O2. The van der Waals surface area contributed by atoms with E-state index in [0.717, 1.165) is 5.75 Å². The first kappa shape index (κ1) is 13.7. The summed E-state index contributed by atoms with van der Waals surface area (Å²) in [7, 11) is 1.65. The highest BCUT2D eigenvalue weighted by atomic mass is 16.5. The second-order valence-corrected chi connectivity index (χ2v) is 4.05. The van der Waals surface area contributed by atoms with Crippen molar-refractivity contribution in [2.24, 2.45) is 5.73 Å². The molecule has 0 saturated heterocycles. The van der Waals surface area contributed by atoms with Crippen LogP contribution < -0.4 is 15.8 Å². The number of ether oxygens (including phenoxy) is 2. The Hall–Kier alpha value is -1.33. The van der Waals surface area contributed by atoms with Crippen molar-refractivity contribution >= 4 is 5.82 Å². The Morgan fingerprint density at radius 1 is 1.47 bits per heavy atom. The summed E-state index contributed by atoms with van der Waals surface area (Å²) in [5.74, 6) is 1.44. The number of methoxy groups -OCH3 is 1. The normalized spacial score (nSPS) is 12.5. The molecule has 3 N–H and O–H groups in total. The van der Waals surface area contributed by atoms with Gasteiger partial charge in [0.25, 0.3) is 0 Å². The SMILES string of the molecule is COCC(CN)Nc1ncccc1OC(C)C. The van der Waals surface area contributed by atoms with Crippen molar-refractivity contribution < 1.29 is 9.47 Å². The van der Waals surface area contributed by atoms with E-state index >= 15 is 0 Å². The van der Waals surface area contributed by atoms with Crippen LogP contribution in [-0.2, 0) is 4.74 Å². The monoisotopic (exact) mass is 239 g/mol.